The maximum absolute atomic E-state index is 5.95. The summed E-state index contributed by atoms with van der Waals surface area (Å²) in [7, 11) is 0. The Hall–Kier alpha value is -1.02. The maximum atomic E-state index is 5.95. The summed E-state index contributed by atoms with van der Waals surface area (Å²) in [5.41, 5.74) is 1.26. The number of aryl methyl sites for hydroxylation is 1. The number of ether oxygens (including phenoxy) is 1. The Labute approximate surface area is 111 Å². The molecule has 18 heavy (non-hydrogen) atoms. The Morgan fingerprint density at radius 3 is 2.78 bits per heavy atom. The van der Waals surface area contributed by atoms with Crippen molar-refractivity contribution in [2.75, 3.05) is 13.2 Å². The molecule has 2 rings (SSSR count). The van der Waals surface area contributed by atoms with Crippen molar-refractivity contribution in [1.82, 2.24) is 5.32 Å². The van der Waals surface area contributed by atoms with Crippen molar-refractivity contribution < 1.29 is 4.74 Å². The van der Waals surface area contributed by atoms with Gasteiger partial charge in [-0.15, -0.1) is 0 Å². The molecular formula is C16H25NO. The van der Waals surface area contributed by atoms with E-state index in [0.29, 0.717) is 6.04 Å². The Kier molecular flexibility index (Phi) is 5.06. The molecule has 1 saturated carbocycles. The second-order valence-electron chi connectivity index (χ2n) is 5.34. The van der Waals surface area contributed by atoms with Crippen molar-refractivity contribution in [3.8, 4) is 5.75 Å². The van der Waals surface area contributed by atoms with Crippen molar-refractivity contribution in [3.63, 3.8) is 0 Å². The van der Waals surface area contributed by atoms with Crippen LogP contribution in [0.2, 0.25) is 0 Å². The fourth-order valence-electron chi connectivity index (χ4n) is 2.87. The van der Waals surface area contributed by atoms with Gasteiger partial charge in [-0.1, -0.05) is 31.9 Å². The summed E-state index contributed by atoms with van der Waals surface area (Å²) in [5.74, 6) is 1.80. The molecule has 1 aromatic rings. The van der Waals surface area contributed by atoms with Crippen molar-refractivity contribution >= 4 is 0 Å². The van der Waals surface area contributed by atoms with Gasteiger partial charge >= 0.3 is 0 Å². The molecule has 2 heteroatoms. The van der Waals surface area contributed by atoms with Gasteiger partial charge in [0.05, 0.1) is 0 Å². The lowest BCUT2D eigenvalue weighted by atomic mass is 9.99. The molecule has 0 aromatic heterocycles. The number of hydrogen-bond donors (Lipinski definition) is 1. The fourth-order valence-corrected chi connectivity index (χ4v) is 2.87. The predicted molar refractivity (Wildman–Crippen MR) is 76.1 cm³/mol. The molecule has 1 N–H and O–H groups in total. The van der Waals surface area contributed by atoms with Crippen LogP contribution in [0.15, 0.2) is 24.3 Å². The summed E-state index contributed by atoms with van der Waals surface area (Å²) in [6.07, 6.45) is 5.48. The van der Waals surface area contributed by atoms with Crippen LogP contribution < -0.4 is 10.1 Å². The summed E-state index contributed by atoms with van der Waals surface area (Å²) in [5, 5.41) is 3.58. The molecule has 0 saturated heterocycles. The standard InChI is InChI=1S/C16H25NO/c1-3-17-16(14-8-4-5-9-14)12-18-15-10-6-7-13(2)11-15/h6-7,10-11,14,16-17H,3-5,8-9,12H2,1-2H3. The van der Waals surface area contributed by atoms with E-state index in [-0.39, 0.29) is 0 Å². The third-order valence-corrected chi connectivity index (χ3v) is 3.85. The molecule has 1 fully saturated rings. The summed E-state index contributed by atoms with van der Waals surface area (Å²) in [6, 6.07) is 8.83. The van der Waals surface area contributed by atoms with E-state index < -0.39 is 0 Å². The van der Waals surface area contributed by atoms with Gasteiger partial charge in [-0.05, 0) is 49.9 Å². The first-order valence-electron chi connectivity index (χ1n) is 7.22. The minimum atomic E-state index is 0.512. The van der Waals surface area contributed by atoms with Crippen LogP contribution in [0.25, 0.3) is 0 Å². The third-order valence-electron chi connectivity index (χ3n) is 3.85. The van der Waals surface area contributed by atoms with E-state index in [4.69, 9.17) is 4.74 Å². The molecule has 0 amide bonds. The van der Waals surface area contributed by atoms with Gasteiger partial charge in [0.1, 0.15) is 12.4 Å². The number of nitrogens with one attached hydrogen (secondary N) is 1. The van der Waals surface area contributed by atoms with Gasteiger partial charge in [-0.3, -0.25) is 0 Å². The highest BCUT2D eigenvalue weighted by molar-refractivity contribution is 5.27. The van der Waals surface area contributed by atoms with Crippen LogP contribution in [-0.4, -0.2) is 19.2 Å². The normalized spacial score (nSPS) is 17.9. The molecule has 1 unspecified atom stereocenters. The second-order valence-corrected chi connectivity index (χ2v) is 5.34. The summed E-state index contributed by atoms with van der Waals surface area (Å²) < 4.78 is 5.95. The van der Waals surface area contributed by atoms with Crippen LogP contribution in [0, 0.1) is 12.8 Å². The van der Waals surface area contributed by atoms with Crippen LogP contribution in [0.3, 0.4) is 0 Å². The lowest BCUT2D eigenvalue weighted by Gasteiger charge is -2.24. The van der Waals surface area contributed by atoms with Gasteiger partial charge in [0, 0.05) is 6.04 Å². The van der Waals surface area contributed by atoms with E-state index in [2.05, 4.69) is 37.4 Å². The smallest absolute Gasteiger partial charge is 0.119 e. The maximum Gasteiger partial charge on any atom is 0.119 e. The zero-order valence-corrected chi connectivity index (χ0v) is 11.6. The highest BCUT2D eigenvalue weighted by atomic mass is 16.5. The van der Waals surface area contributed by atoms with Crippen LogP contribution >= 0.6 is 0 Å². The summed E-state index contributed by atoms with van der Waals surface area (Å²) in [4.78, 5) is 0. The van der Waals surface area contributed by atoms with Gasteiger partial charge in [0.2, 0.25) is 0 Å². The highest BCUT2D eigenvalue weighted by Gasteiger charge is 2.24. The monoisotopic (exact) mass is 247 g/mol. The summed E-state index contributed by atoms with van der Waals surface area (Å²) in [6.45, 7) is 6.10. The molecule has 1 atom stereocenters. The van der Waals surface area contributed by atoms with Gasteiger partial charge < -0.3 is 10.1 Å². The number of rotatable bonds is 6. The van der Waals surface area contributed by atoms with E-state index in [1.807, 2.05) is 6.07 Å². The van der Waals surface area contributed by atoms with Crippen LogP contribution in [0.4, 0.5) is 0 Å². The van der Waals surface area contributed by atoms with Crippen molar-refractivity contribution in [1.29, 1.82) is 0 Å². The lowest BCUT2D eigenvalue weighted by Crippen LogP contribution is -2.40. The second kappa shape index (κ2) is 6.79. The lowest BCUT2D eigenvalue weighted by molar-refractivity contribution is 0.219. The third kappa shape index (κ3) is 3.74. The topological polar surface area (TPSA) is 21.3 Å². The molecule has 0 heterocycles. The highest BCUT2D eigenvalue weighted by Crippen LogP contribution is 2.28. The molecule has 100 valence electrons. The molecule has 0 spiro atoms. The van der Waals surface area contributed by atoms with Crippen LogP contribution in [-0.2, 0) is 0 Å². The predicted octanol–water partition coefficient (Wildman–Crippen LogP) is 3.54. The van der Waals surface area contributed by atoms with Crippen molar-refractivity contribution in [2.24, 2.45) is 5.92 Å². The number of hydrogen-bond acceptors (Lipinski definition) is 2. The minimum Gasteiger partial charge on any atom is -0.492 e. The van der Waals surface area contributed by atoms with Crippen molar-refractivity contribution in [2.45, 2.75) is 45.6 Å². The molecule has 0 bridgehead atoms. The Morgan fingerprint density at radius 2 is 2.11 bits per heavy atom. The van der Waals surface area contributed by atoms with E-state index in [1.54, 1.807) is 0 Å². The molecular weight excluding hydrogens is 222 g/mol. The van der Waals surface area contributed by atoms with Gasteiger partial charge in [0.25, 0.3) is 0 Å². The zero-order chi connectivity index (χ0) is 12.8. The minimum absolute atomic E-state index is 0.512. The molecule has 0 radical (unpaired) electrons. The zero-order valence-electron chi connectivity index (χ0n) is 11.6. The first-order chi connectivity index (χ1) is 8.79. The van der Waals surface area contributed by atoms with E-state index in [9.17, 15) is 0 Å². The van der Waals surface area contributed by atoms with Crippen LogP contribution in [0.5, 0.6) is 5.75 Å². The quantitative estimate of drug-likeness (QED) is 0.830. The molecule has 1 aliphatic rings. The number of benzene rings is 1. The Balaban J connectivity index is 1.88. The molecule has 1 aliphatic carbocycles. The van der Waals surface area contributed by atoms with E-state index >= 15 is 0 Å². The van der Waals surface area contributed by atoms with Gasteiger partial charge in [-0.2, -0.15) is 0 Å². The molecule has 2 nitrogen and oxygen atoms in total. The van der Waals surface area contributed by atoms with E-state index in [1.165, 1.54) is 31.2 Å². The fraction of sp³-hybridized carbons (Fsp3) is 0.625. The number of likely N-dealkylation sites (N-methyl/N-ethyl adjacent to an activating group) is 1. The SMILES string of the molecule is CCNC(COc1cccc(C)c1)C1CCCC1. The first-order valence-corrected chi connectivity index (χ1v) is 7.22. The summed E-state index contributed by atoms with van der Waals surface area (Å²) >= 11 is 0. The average molecular weight is 247 g/mol. The largest absolute Gasteiger partial charge is 0.492 e. The van der Waals surface area contributed by atoms with Gasteiger partial charge in [0.15, 0.2) is 0 Å². The van der Waals surface area contributed by atoms with Crippen LogP contribution in [0.1, 0.15) is 38.2 Å². The Bertz CT molecular complexity index is 358. The molecule has 1 aromatic carbocycles. The van der Waals surface area contributed by atoms with E-state index in [0.717, 1.165) is 24.8 Å². The van der Waals surface area contributed by atoms with Gasteiger partial charge in [-0.25, -0.2) is 0 Å². The first kappa shape index (κ1) is 13.4. The molecule has 0 aliphatic heterocycles. The average Bonchev–Trinajstić information content (AvgIpc) is 2.88. The van der Waals surface area contributed by atoms with Crippen molar-refractivity contribution in [3.05, 3.63) is 29.8 Å². The Morgan fingerprint density at radius 1 is 1.33 bits per heavy atom.